The lowest BCUT2D eigenvalue weighted by atomic mass is 9.39. The van der Waals surface area contributed by atoms with Gasteiger partial charge in [-0.1, -0.05) is 13.8 Å². The number of hydrogen-bond donors (Lipinski definition) is 2. The number of phenolic OH excluding ortho intramolecular Hbond substituents is 2. The largest absolute Gasteiger partial charge is 0.508 e. The van der Waals surface area contributed by atoms with Crippen molar-refractivity contribution < 1.29 is 10.2 Å². The molecule has 4 saturated carbocycles. The first-order valence-electron chi connectivity index (χ1n) is 7.84. The quantitative estimate of drug-likeness (QED) is 0.798. The van der Waals surface area contributed by atoms with Crippen molar-refractivity contribution in [3.05, 3.63) is 23.8 Å². The number of rotatable bonds is 1. The zero-order chi connectivity index (χ0) is 14.2. The van der Waals surface area contributed by atoms with E-state index in [1.54, 1.807) is 0 Å². The molecule has 2 unspecified atom stereocenters. The Morgan fingerprint density at radius 2 is 1.40 bits per heavy atom. The first-order valence-corrected chi connectivity index (χ1v) is 7.84. The van der Waals surface area contributed by atoms with Crippen LogP contribution in [0.25, 0.3) is 0 Å². The van der Waals surface area contributed by atoms with E-state index in [1.165, 1.54) is 44.6 Å². The van der Waals surface area contributed by atoms with Gasteiger partial charge >= 0.3 is 0 Å². The molecule has 5 rings (SSSR count). The summed E-state index contributed by atoms with van der Waals surface area (Å²) in [6.45, 7) is 4.90. The first-order chi connectivity index (χ1) is 9.30. The van der Waals surface area contributed by atoms with Crippen molar-refractivity contribution in [2.45, 2.75) is 57.8 Å². The zero-order valence-corrected chi connectivity index (χ0v) is 12.4. The summed E-state index contributed by atoms with van der Waals surface area (Å²) in [6, 6.07) is 5.21. The van der Waals surface area contributed by atoms with Gasteiger partial charge in [-0.05, 0) is 78.4 Å². The Hall–Kier alpha value is -1.18. The van der Waals surface area contributed by atoms with E-state index in [0.29, 0.717) is 10.8 Å². The van der Waals surface area contributed by atoms with Gasteiger partial charge in [-0.25, -0.2) is 0 Å². The van der Waals surface area contributed by atoms with Crippen LogP contribution in [0, 0.1) is 16.7 Å². The fourth-order valence-electron chi connectivity index (χ4n) is 6.67. The molecule has 2 atom stereocenters. The minimum Gasteiger partial charge on any atom is -0.508 e. The van der Waals surface area contributed by atoms with Crippen molar-refractivity contribution in [1.29, 1.82) is 0 Å². The molecule has 4 aliphatic carbocycles. The third-order valence-corrected chi connectivity index (χ3v) is 6.14. The summed E-state index contributed by atoms with van der Waals surface area (Å²) in [6.07, 6.45) is 7.76. The third-order valence-electron chi connectivity index (χ3n) is 6.14. The SMILES string of the molecule is CC12CC3CC(C)(C1)CC(c1cc(O)cc(O)c1)(C3)C2. The van der Waals surface area contributed by atoms with E-state index < -0.39 is 0 Å². The van der Waals surface area contributed by atoms with Crippen LogP contribution in [-0.4, -0.2) is 10.2 Å². The standard InChI is InChI=1S/C18H24O2/c1-16-6-12-7-17(2,9-16)11-18(8-12,10-16)13-3-14(19)5-15(20)4-13/h3-5,12,19-20H,6-11H2,1-2H3. The van der Waals surface area contributed by atoms with Crippen molar-refractivity contribution in [2.75, 3.05) is 0 Å². The van der Waals surface area contributed by atoms with Crippen molar-refractivity contribution in [3.63, 3.8) is 0 Å². The Labute approximate surface area is 120 Å². The van der Waals surface area contributed by atoms with Crippen molar-refractivity contribution in [2.24, 2.45) is 16.7 Å². The molecule has 2 heteroatoms. The van der Waals surface area contributed by atoms with Gasteiger partial charge < -0.3 is 10.2 Å². The molecule has 0 radical (unpaired) electrons. The van der Waals surface area contributed by atoms with Crippen LogP contribution in [0.15, 0.2) is 18.2 Å². The molecule has 1 aromatic carbocycles. The minimum absolute atomic E-state index is 0.180. The molecule has 0 amide bonds. The van der Waals surface area contributed by atoms with Crippen LogP contribution < -0.4 is 0 Å². The summed E-state index contributed by atoms with van der Waals surface area (Å²) in [5.41, 5.74) is 2.25. The van der Waals surface area contributed by atoms with Gasteiger partial charge in [-0.15, -0.1) is 0 Å². The Bertz CT molecular complexity index is 539. The van der Waals surface area contributed by atoms with E-state index in [1.807, 2.05) is 12.1 Å². The molecule has 0 spiro atoms. The third kappa shape index (κ3) is 1.70. The molecule has 0 aromatic heterocycles. The predicted molar refractivity (Wildman–Crippen MR) is 78.9 cm³/mol. The van der Waals surface area contributed by atoms with Gasteiger partial charge in [-0.3, -0.25) is 0 Å². The maximum absolute atomic E-state index is 9.86. The molecule has 4 aliphatic rings. The molecule has 1 aromatic rings. The van der Waals surface area contributed by atoms with E-state index in [0.717, 1.165) is 11.5 Å². The Morgan fingerprint density at radius 1 is 0.850 bits per heavy atom. The summed E-state index contributed by atoms with van der Waals surface area (Å²) in [5.74, 6) is 1.22. The Kier molecular flexibility index (Phi) is 2.21. The molecule has 20 heavy (non-hydrogen) atoms. The molecule has 4 fully saturated rings. The average molecular weight is 272 g/mol. The molecule has 108 valence electrons. The highest BCUT2D eigenvalue weighted by Crippen LogP contribution is 2.70. The normalized spacial score (nSPS) is 45.8. The van der Waals surface area contributed by atoms with E-state index in [4.69, 9.17) is 0 Å². The number of phenols is 2. The van der Waals surface area contributed by atoms with Crippen molar-refractivity contribution in [3.8, 4) is 11.5 Å². The highest BCUT2D eigenvalue weighted by atomic mass is 16.3. The second-order valence-corrected chi connectivity index (χ2v) is 8.65. The summed E-state index contributed by atoms with van der Waals surface area (Å²) >= 11 is 0. The lowest BCUT2D eigenvalue weighted by Gasteiger charge is -2.65. The van der Waals surface area contributed by atoms with Crippen molar-refractivity contribution in [1.82, 2.24) is 0 Å². The highest BCUT2D eigenvalue weighted by molar-refractivity contribution is 5.42. The maximum Gasteiger partial charge on any atom is 0.119 e. The van der Waals surface area contributed by atoms with Gasteiger partial charge in [0.05, 0.1) is 0 Å². The molecule has 0 heterocycles. The molecule has 2 nitrogen and oxygen atoms in total. The summed E-state index contributed by atoms with van der Waals surface area (Å²) in [5, 5.41) is 19.7. The van der Waals surface area contributed by atoms with Gasteiger partial charge in [0, 0.05) is 6.07 Å². The van der Waals surface area contributed by atoms with E-state index in [-0.39, 0.29) is 16.9 Å². The second kappa shape index (κ2) is 3.52. The highest BCUT2D eigenvalue weighted by Gasteiger charge is 2.60. The van der Waals surface area contributed by atoms with Gasteiger partial charge in [0.2, 0.25) is 0 Å². The van der Waals surface area contributed by atoms with Crippen molar-refractivity contribution >= 4 is 0 Å². The summed E-state index contributed by atoms with van der Waals surface area (Å²) in [4.78, 5) is 0. The van der Waals surface area contributed by atoms with Gasteiger partial charge in [0.25, 0.3) is 0 Å². The lowest BCUT2D eigenvalue weighted by molar-refractivity contribution is -0.110. The summed E-state index contributed by atoms with van der Waals surface area (Å²) in [7, 11) is 0. The fraction of sp³-hybridized carbons (Fsp3) is 0.667. The van der Waals surface area contributed by atoms with Gasteiger partial charge in [-0.2, -0.15) is 0 Å². The smallest absolute Gasteiger partial charge is 0.119 e. The lowest BCUT2D eigenvalue weighted by Crippen LogP contribution is -2.56. The number of benzene rings is 1. The summed E-state index contributed by atoms with van der Waals surface area (Å²) < 4.78 is 0. The maximum atomic E-state index is 9.86. The van der Waals surface area contributed by atoms with Crippen LogP contribution in [0.5, 0.6) is 11.5 Å². The Balaban J connectivity index is 1.84. The molecule has 0 saturated heterocycles. The van der Waals surface area contributed by atoms with E-state index in [9.17, 15) is 10.2 Å². The van der Waals surface area contributed by atoms with Gasteiger partial charge in [0.15, 0.2) is 0 Å². The van der Waals surface area contributed by atoms with E-state index >= 15 is 0 Å². The van der Waals surface area contributed by atoms with Crippen LogP contribution in [0.4, 0.5) is 0 Å². The zero-order valence-electron chi connectivity index (χ0n) is 12.4. The molecular weight excluding hydrogens is 248 g/mol. The monoisotopic (exact) mass is 272 g/mol. The molecule has 2 N–H and O–H groups in total. The van der Waals surface area contributed by atoms with Crippen LogP contribution in [0.3, 0.4) is 0 Å². The van der Waals surface area contributed by atoms with Gasteiger partial charge in [0.1, 0.15) is 11.5 Å². The topological polar surface area (TPSA) is 40.5 Å². The molecule has 0 aliphatic heterocycles. The van der Waals surface area contributed by atoms with Crippen LogP contribution >= 0.6 is 0 Å². The molecule has 4 bridgehead atoms. The van der Waals surface area contributed by atoms with Crippen LogP contribution in [0.2, 0.25) is 0 Å². The predicted octanol–water partition coefficient (Wildman–Crippen LogP) is 4.35. The second-order valence-electron chi connectivity index (χ2n) is 8.65. The van der Waals surface area contributed by atoms with Crippen LogP contribution in [0.1, 0.15) is 57.9 Å². The Morgan fingerprint density at radius 3 is 1.90 bits per heavy atom. The first kappa shape index (κ1) is 12.6. The average Bonchev–Trinajstić information content (AvgIpc) is 2.22. The fourth-order valence-corrected chi connectivity index (χ4v) is 6.67. The minimum atomic E-state index is 0.180. The van der Waals surface area contributed by atoms with Crippen LogP contribution in [-0.2, 0) is 5.41 Å². The van der Waals surface area contributed by atoms with E-state index in [2.05, 4.69) is 13.8 Å². The number of aromatic hydroxyl groups is 2. The number of hydrogen-bond acceptors (Lipinski definition) is 2. The molecular formula is C18H24O2.